The summed E-state index contributed by atoms with van der Waals surface area (Å²) < 4.78 is 5.79. The van der Waals surface area contributed by atoms with Gasteiger partial charge in [0.25, 0.3) is 0 Å². The number of hydrogen-bond acceptors (Lipinski definition) is 5. The first-order chi connectivity index (χ1) is 10.2. The van der Waals surface area contributed by atoms with Crippen molar-refractivity contribution >= 4 is 0 Å². The van der Waals surface area contributed by atoms with E-state index < -0.39 is 0 Å². The highest BCUT2D eigenvalue weighted by molar-refractivity contribution is 5.25. The van der Waals surface area contributed by atoms with Gasteiger partial charge in [-0.05, 0) is 52.0 Å². The minimum atomic E-state index is 0.428. The van der Waals surface area contributed by atoms with Crippen LogP contribution in [0, 0.1) is 6.92 Å². The molecule has 0 N–H and O–H groups in total. The van der Waals surface area contributed by atoms with Crippen LogP contribution in [0.1, 0.15) is 30.3 Å². The van der Waals surface area contributed by atoms with Crippen LogP contribution in [0.2, 0.25) is 0 Å². The summed E-state index contributed by atoms with van der Waals surface area (Å²) in [5, 5.41) is 0. The van der Waals surface area contributed by atoms with Crippen molar-refractivity contribution in [3.05, 3.63) is 42.1 Å². The molecule has 5 nitrogen and oxygen atoms in total. The average Bonchev–Trinajstić information content (AvgIpc) is 2.48. The van der Waals surface area contributed by atoms with Gasteiger partial charge in [-0.25, -0.2) is 4.98 Å². The fourth-order valence-corrected chi connectivity index (χ4v) is 2.59. The highest BCUT2D eigenvalue weighted by atomic mass is 16.5. The zero-order valence-electron chi connectivity index (χ0n) is 12.5. The first-order valence-corrected chi connectivity index (χ1v) is 7.33. The molecule has 0 unspecified atom stereocenters. The number of pyridine rings is 1. The molecule has 0 aliphatic carbocycles. The second-order valence-corrected chi connectivity index (χ2v) is 5.57. The predicted molar refractivity (Wildman–Crippen MR) is 80.6 cm³/mol. The van der Waals surface area contributed by atoms with E-state index >= 15 is 0 Å². The Bertz CT molecular complexity index is 594. The lowest BCUT2D eigenvalue weighted by molar-refractivity contribution is 0.250. The van der Waals surface area contributed by atoms with Gasteiger partial charge in [0.1, 0.15) is 11.6 Å². The number of aromatic nitrogens is 3. The summed E-state index contributed by atoms with van der Waals surface area (Å²) in [4.78, 5) is 15.6. The van der Waals surface area contributed by atoms with Crippen LogP contribution < -0.4 is 4.74 Å². The van der Waals surface area contributed by atoms with Crippen molar-refractivity contribution in [1.82, 2.24) is 19.9 Å². The zero-order chi connectivity index (χ0) is 14.7. The molecule has 21 heavy (non-hydrogen) atoms. The molecule has 0 saturated carbocycles. The average molecular weight is 284 g/mol. The van der Waals surface area contributed by atoms with Gasteiger partial charge in [-0.1, -0.05) is 0 Å². The molecule has 1 aliphatic rings. The van der Waals surface area contributed by atoms with E-state index in [0.29, 0.717) is 17.5 Å². The van der Waals surface area contributed by atoms with Crippen LogP contribution in [0.25, 0.3) is 0 Å². The molecule has 2 aromatic rings. The molecule has 0 amide bonds. The van der Waals surface area contributed by atoms with Crippen molar-refractivity contribution in [2.24, 2.45) is 0 Å². The Labute approximate surface area is 125 Å². The molecule has 0 bridgehead atoms. The molecule has 1 saturated heterocycles. The van der Waals surface area contributed by atoms with Crippen LogP contribution in [-0.4, -0.2) is 40.0 Å². The number of hydrogen-bond donors (Lipinski definition) is 0. The van der Waals surface area contributed by atoms with Gasteiger partial charge in [0.2, 0.25) is 5.88 Å². The van der Waals surface area contributed by atoms with Crippen LogP contribution in [0.5, 0.6) is 11.6 Å². The third-order valence-electron chi connectivity index (χ3n) is 3.79. The molecule has 110 valence electrons. The summed E-state index contributed by atoms with van der Waals surface area (Å²) in [5.74, 6) is 2.63. The molecule has 0 atom stereocenters. The maximum atomic E-state index is 5.79. The Kier molecular flexibility index (Phi) is 4.10. The Balaban J connectivity index is 1.79. The van der Waals surface area contributed by atoms with E-state index in [1.807, 2.05) is 25.1 Å². The summed E-state index contributed by atoms with van der Waals surface area (Å²) in [6.45, 7) is 4.18. The van der Waals surface area contributed by atoms with Gasteiger partial charge in [-0.3, -0.25) is 4.98 Å². The first-order valence-electron chi connectivity index (χ1n) is 7.33. The maximum Gasteiger partial charge on any atom is 0.222 e. The van der Waals surface area contributed by atoms with Gasteiger partial charge in [0.15, 0.2) is 0 Å². The highest BCUT2D eigenvalue weighted by Gasteiger charge is 2.21. The molecule has 0 aromatic carbocycles. The number of likely N-dealkylation sites (tertiary alicyclic amines) is 1. The van der Waals surface area contributed by atoms with Gasteiger partial charge in [0.05, 0.1) is 6.20 Å². The normalized spacial score (nSPS) is 16.9. The minimum Gasteiger partial charge on any atom is -0.437 e. The standard InChI is InChI=1S/C16H20N4O/c1-12-10-15(21-14-4-3-7-17-11-14)19-16(18-12)13-5-8-20(2)9-6-13/h3-4,7,10-11,13H,5-6,8-9H2,1-2H3. The van der Waals surface area contributed by atoms with Gasteiger partial charge < -0.3 is 9.64 Å². The predicted octanol–water partition coefficient (Wildman–Crippen LogP) is 2.78. The molecule has 0 radical (unpaired) electrons. The lowest BCUT2D eigenvalue weighted by Crippen LogP contribution is -2.30. The topological polar surface area (TPSA) is 51.1 Å². The number of nitrogens with zero attached hydrogens (tertiary/aromatic N) is 4. The van der Waals surface area contributed by atoms with Crippen molar-refractivity contribution in [2.45, 2.75) is 25.7 Å². The Morgan fingerprint density at radius 3 is 2.76 bits per heavy atom. The number of rotatable bonds is 3. The first kappa shape index (κ1) is 13.9. The molecule has 1 aliphatic heterocycles. The van der Waals surface area contributed by atoms with Crippen molar-refractivity contribution in [2.75, 3.05) is 20.1 Å². The van der Waals surface area contributed by atoms with Crippen LogP contribution in [0.4, 0.5) is 0 Å². The Hall–Kier alpha value is -2.01. The molecule has 3 heterocycles. The largest absolute Gasteiger partial charge is 0.437 e. The molecule has 2 aromatic heterocycles. The van der Waals surface area contributed by atoms with Crippen LogP contribution in [-0.2, 0) is 0 Å². The lowest BCUT2D eigenvalue weighted by Gasteiger charge is -2.28. The number of aryl methyl sites for hydroxylation is 1. The van der Waals surface area contributed by atoms with E-state index in [9.17, 15) is 0 Å². The van der Waals surface area contributed by atoms with Crippen molar-refractivity contribution in [3.8, 4) is 11.6 Å². The summed E-state index contributed by atoms with van der Waals surface area (Å²) >= 11 is 0. The van der Waals surface area contributed by atoms with E-state index in [1.54, 1.807) is 12.4 Å². The zero-order valence-corrected chi connectivity index (χ0v) is 12.5. The molecular formula is C16H20N4O. The third-order valence-corrected chi connectivity index (χ3v) is 3.79. The summed E-state index contributed by atoms with van der Waals surface area (Å²) in [6, 6.07) is 5.59. The van der Waals surface area contributed by atoms with Gasteiger partial charge >= 0.3 is 0 Å². The van der Waals surface area contributed by atoms with Crippen molar-refractivity contribution in [1.29, 1.82) is 0 Å². The highest BCUT2D eigenvalue weighted by Crippen LogP contribution is 2.27. The van der Waals surface area contributed by atoms with Crippen LogP contribution in [0.15, 0.2) is 30.6 Å². The second kappa shape index (κ2) is 6.18. The smallest absolute Gasteiger partial charge is 0.222 e. The monoisotopic (exact) mass is 284 g/mol. The van der Waals surface area contributed by atoms with E-state index in [0.717, 1.165) is 37.4 Å². The van der Waals surface area contributed by atoms with Crippen LogP contribution in [0.3, 0.4) is 0 Å². The molecular weight excluding hydrogens is 264 g/mol. The fourth-order valence-electron chi connectivity index (χ4n) is 2.59. The van der Waals surface area contributed by atoms with Gasteiger partial charge in [-0.15, -0.1) is 0 Å². The SMILES string of the molecule is Cc1cc(Oc2cccnc2)nc(C2CCN(C)CC2)n1. The van der Waals surface area contributed by atoms with Crippen molar-refractivity contribution < 1.29 is 4.74 Å². The Morgan fingerprint density at radius 1 is 1.24 bits per heavy atom. The lowest BCUT2D eigenvalue weighted by atomic mass is 9.96. The summed E-state index contributed by atoms with van der Waals surface area (Å²) in [7, 11) is 2.16. The molecule has 3 rings (SSSR count). The number of ether oxygens (including phenoxy) is 1. The van der Waals surface area contributed by atoms with Crippen molar-refractivity contribution in [3.63, 3.8) is 0 Å². The number of piperidine rings is 1. The van der Waals surface area contributed by atoms with E-state index in [2.05, 4.69) is 26.9 Å². The van der Waals surface area contributed by atoms with Crippen LogP contribution >= 0.6 is 0 Å². The molecule has 5 heteroatoms. The fraction of sp³-hybridized carbons (Fsp3) is 0.438. The van der Waals surface area contributed by atoms with E-state index in [-0.39, 0.29) is 0 Å². The van der Waals surface area contributed by atoms with E-state index in [4.69, 9.17) is 4.74 Å². The quantitative estimate of drug-likeness (QED) is 0.867. The third kappa shape index (κ3) is 3.55. The summed E-state index contributed by atoms with van der Waals surface area (Å²) in [6.07, 6.45) is 5.62. The van der Waals surface area contributed by atoms with Gasteiger partial charge in [-0.2, -0.15) is 4.98 Å². The minimum absolute atomic E-state index is 0.428. The molecule has 0 spiro atoms. The maximum absolute atomic E-state index is 5.79. The van der Waals surface area contributed by atoms with Gasteiger partial charge in [0, 0.05) is 23.9 Å². The van der Waals surface area contributed by atoms with E-state index in [1.165, 1.54) is 0 Å². The second-order valence-electron chi connectivity index (χ2n) is 5.57. The molecule has 1 fully saturated rings. The Morgan fingerprint density at radius 2 is 2.05 bits per heavy atom. The summed E-state index contributed by atoms with van der Waals surface area (Å²) in [5.41, 5.74) is 0.942.